The van der Waals surface area contributed by atoms with Crippen LogP contribution in [-0.4, -0.2) is 13.2 Å². The van der Waals surface area contributed by atoms with Gasteiger partial charge in [0.05, 0.1) is 6.61 Å². The van der Waals surface area contributed by atoms with Crippen molar-refractivity contribution in [3.8, 4) is 0 Å². The third-order valence-electron chi connectivity index (χ3n) is 2.98. The van der Waals surface area contributed by atoms with Gasteiger partial charge in [0.25, 0.3) is 0 Å². The van der Waals surface area contributed by atoms with E-state index < -0.39 is 0 Å². The van der Waals surface area contributed by atoms with Crippen molar-refractivity contribution in [1.82, 2.24) is 5.32 Å². The maximum Gasteiger partial charge on any atom is 0.142 e. The van der Waals surface area contributed by atoms with Gasteiger partial charge in [-0.3, -0.25) is 5.32 Å². The minimum Gasteiger partial charge on any atom is -0.356 e. The Morgan fingerprint density at radius 2 is 1.80 bits per heavy atom. The van der Waals surface area contributed by atoms with Crippen LogP contribution in [0.25, 0.3) is 0 Å². The molecule has 2 nitrogen and oxygen atoms in total. The lowest BCUT2D eigenvalue weighted by molar-refractivity contribution is -0.131. The van der Waals surface area contributed by atoms with Crippen molar-refractivity contribution in [2.45, 2.75) is 26.5 Å². The second-order valence-corrected chi connectivity index (χ2v) is 5.21. The fraction of sp³-hybridized carbons (Fsp3) is 0.538. The van der Waals surface area contributed by atoms with Gasteiger partial charge in [0.15, 0.2) is 0 Å². The van der Waals surface area contributed by atoms with E-state index in [0.717, 1.165) is 13.2 Å². The monoisotopic (exact) mass is 205 g/mol. The summed E-state index contributed by atoms with van der Waals surface area (Å²) in [4.78, 5) is 0. The van der Waals surface area contributed by atoms with E-state index in [4.69, 9.17) is 4.74 Å². The van der Waals surface area contributed by atoms with Crippen molar-refractivity contribution in [1.29, 1.82) is 0 Å². The summed E-state index contributed by atoms with van der Waals surface area (Å²) in [5.41, 5.74) is 1.10. The topological polar surface area (TPSA) is 21.3 Å². The first-order chi connectivity index (χ1) is 7.02. The summed E-state index contributed by atoms with van der Waals surface area (Å²) in [6.45, 7) is 8.30. The van der Waals surface area contributed by atoms with Gasteiger partial charge in [-0.1, -0.05) is 44.2 Å². The van der Waals surface area contributed by atoms with Crippen LogP contribution in [0.15, 0.2) is 30.3 Å². The minimum absolute atomic E-state index is 0.230. The standard InChI is InChI=1S/C13H19NO/c1-12(2)9-14-13(3,15-10-12)11-7-5-4-6-8-11/h4-8,14H,9-10H2,1-3H3. The summed E-state index contributed by atoms with van der Waals surface area (Å²) in [6, 6.07) is 10.3. The fourth-order valence-electron chi connectivity index (χ4n) is 1.79. The summed E-state index contributed by atoms with van der Waals surface area (Å²) in [5.74, 6) is 0. The molecule has 1 aromatic carbocycles. The molecule has 1 saturated heterocycles. The predicted octanol–water partition coefficient (Wildman–Crippen LogP) is 2.51. The van der Waals surface area contributed by atoms with Gasteiger partial charge in [0.1, 0.15) is 5.72 Å². The minimum atomic E-state index is -0.323. The van der Waals surface area contributed by atoms with Gasteiger partial charge in [-0.15, -0.1) is 0 Å². The van der Waals surface area contributed by atoms with Crippen LogP contribution in [0.3, 0.4) is 0 Å². The van der Waals surface area contributed by atoms with Gasteiger partial charge in [0, 0.05) is 12.0 Å². The maximum atomic E-state index is 5.96. The summed E-state index contributed by atoms with van der Waals surface area (Å²) in [5, 5.41) is 3.48. The normalized spacial score (nSPS) is 30.1. The summed E-state index contributed by atoms with van der Waals surface area (Å²) in [6.07, 6.45) is 0. The van der Waals surface area contributed by atoms with E-state index in [9.17, 15) is 0 Å². The van der Waals surface area contributed by atoms with E-state index in [2.05, 4.69) is 38.2 Å². The number of hydrogen-bond acceptors (Lipinski definition) is 2. The van der Waals surface area contributed by atoms with Crippen molar-refractivity contribution in [3.63, 3.8) is 0 Å². The summed E-state index contributed by atoms with van der Waals surface area (Å²) < 4.78 is 5.96. The Morgan fingerprint density at radius 1 is 1.13 bits per heavy atom. The molecule has 1 atom stereocenters. The molecule has 0 saturated carbocycles. The first-order valence-electron chi connectivity index (χ1n) is 5.46. The van der Waals surface area contributed by atoms with Gasteiger partial charge in [-0.25, -0.2) is 0 Å². The highest BCUT2D eigenvalue weighted by atomic mass is 16.5. The molecule has 1 N–H and O–H groups in total. The van der Waals surface area contributed by atoms with E-state index in [1.165, 1.54) is 5.56 Å². The van der Waals surface area contributed by atoms with Crippen LogP contribution >= 0.6 is 0 Å². The largest absolute Gasteiger partial charge is 0.356 e. The Kier molecular flexibility index (Phi) is 2.57. The molecule has 0 amide bonds. The molecule has 15 heavy (non-hydrogen) atoms. The highest BCUT2D eigenvalue weighted by Crippen LogP contribution is 2.30. The SMILES string of the molecule is CC1(C)CNC(C)(c2ccccc2)OC1. The number of ether oxygens (including phenoxy) is 1. The van der Waals surface area contributed by atoms with Crippen LogP contribution in [0.4, 0.5) is 0 Å². The van der Waals surface area contributed by atoms with E-state index in [-0.39, 0.29) is 11.1 Å². The van der Waals surface area contributed by atoms with E-state index in [1.54, 1.807) is 0 Å². The molecular formula is C13H19NO. The molecule has 1 aromatic rings. The quantitative estimate of drug-likeness (QED) is 0.760. The highest BCUT2D eigenvalue weighted by molar-refractivity contribution is 5.21. The Labute approximate surface area is 91.6 Å². The van der Waals surface area contributed by atoms with Crippen LogP contribution in [-0.2, 0) is 10.5 Å². The van der Waals surface area contributed by atoms with E-state index in [1.807, 2.05) is 18.2 Å². The predicted molar refractivity (Wildman–Crippen MR) is 61.5 cm³/mol. The van der Waals surface area contributed by atoms with Crippen molar-refractivity contribution in [2.24, 2.45) is 5.41 Å². The molecule has 0 aliphatic carbocycles. The molecule has 1 aliphatic heterocycles. The Hall–Kier alpha value is -0.860. The summed E-state index contributed by atoms with van der Waals surface area (Å²) >= 11 is 0. The van der Waals surface area contributed by atoms with Gasteiger partial charge in [0.2, 0.25) is 0 Å². The first kappa shape index (κ1) is 10.7. The average molecular weight is 205 g/mol. The zero-order valence-corrected chi connectivity index (χ0v) is 9.71. The van der Waals surface area contributed by atoms with E-state index >= 15 is 0 Å². The van der Waals surface area contributed by atoms with Gasteiger partial charge in [-0.2, -0.15) is 0 Å². The van der Waals surface area contributed by atoms with Crippen LogP contribution < -0.4 is 5.32 Å². The molecule has 0 spiro atoms. The van der Waals surface area contributed by atoms with Crippen molar-refractivity contribution >= 4 is 0 Å². The van der Waals surface area contributed by atoms with Crippen molar-refractivity contribution < 1.29 is 4.74 Å². The van der Waals surface area contributed by atoms with Crippen LogP contribution in [0.1, 0.15) is 26.3 Å². The van der Waals surface area contributed by atoms with Crippen molar-refractivity contribution in [2.75, 3.05) is 13.2 Å². The molecule has 0 radical (unpaired) electrons. The second kappa shape index (κ2) is 3.62. The van der Waals surface area contributed by atoms with Crippen LogP contribution in [0.2, 0.25) is 0 Å². The number of benzene rings is 1. The van der Waals surface area contributed by atoms with E-state index in [0.29, 0.717) is 0 Å². The molecule has 2 heteroatoms. The smallest absolute Gasteiger partial charge is 0.142 e. The number of rotatable bonds is 1. The fourth-order valence-corrected chi connectivity index (χ4v) is 1.79. The highest BCUT2D eigenvalue weighted by Gasteiger charge is 2.36. The molecule has 1 unspecified atom stereocenters. The lowest BCUT2D eigenvalue weighted by atomic mass is 9.90. The lowest BCUT2D eigenvalue weighted by Crippen LogP contribution is -2.53. The molecular weight excluding hydrogens is 186 g/mol. The molecule has 0 bridgehead atoms. The first-order valence-corrected chi connectivity index (χ1v) is 5.46. The maximum absolute atomic E-state index is 5.96. The molecule has 0 aromatic heterocycles. The lowest BCUT2D eigenvalue weighted by Gasteiger charge is -2.42. The van der Waals surface area contributed by atoms with Gasteiger partial charge in [-0.05, 0) is 12.5 Å². The third kappa shape index (κ3) is 2.21. The summed E-state index contributed by atoms with van der Waals surface area (Å²) in [7, 11) is 0. The number of nitrogens with one attached hydrogen (secondary N) is 1. The van der Waals surface area contributed by atoms with Crippen LogP contribution in [0.5, 0.6) is 0 Å². The Balaban J connectivity index is 2.17. The molecule has 1 fully saturated rings. The molecule has 1 aliphatic rings. The Bertz CT molecular complexity index is 322. The molecule has 2 rings (SSSR count). The van der Waals surface area contributed by atoms with Gasteiger partial charge >= 0.3 is 0 Å². The second-order valence-electron chi connectivity index (χ2n) is 5.21. The Morgan fingerprint density at radius 3 is 2.33 bits per heavy atom. The molecule has 82 valence electrons. The average Bonchev–Trinajstić information content (AvgIpc) is 2.24. The van der Waals surface area contributed by atoms with Gasteiger partial charge < -0.3 is 4.74 Å². The number of hydrogen-bond donors (Lipinski definition) is 1. The molecule has 1 heterocycles. The zero-order valence-electron chi connectivity index (χ0n) is 9.71. The third-order valence-corrected chi connectivity index (χ3v) is 2.98. The van der Waals surface area contributed by atoms with Crippen LogP contribution in [0, 0.1) is 5.41 Å². The zero-order chi connectivity index (χ0) is 10.9. The van der Waals surface area contributed by atoms with Crippen molar-refractivity contribution in [3.05, 3.63) is 35.9 Å².